The molecule has 1 fully saturated rings. The minimum atomic E-state index is -0.165. The molecule has 0 radical (unpaired) electrons. The standard InChI is InChI=1S/C19H20N6O/c20-11-14-5-1-2-6-15(14)12-25-18(23-9-3-7-16(21)13-23)22-17-8-4-10-24(17)19(25)26/h1-2,4-6,8,10,16H,3,7,9,12-13,21H2. The molecule has 1 unspecified atom stereocenters. The molecule has 2 aromatic heterocycles. The minimum Gasteiger partial charge on any atom is -0.341 e. The van der Waals surface area contributed by atoms with Crippen LogP contribution in [0.5, 0.6) is 0 Å². The summed E-state index contributed by atoms with van der Waals surface area (Å²) >= 11 is 0. The van der Waals surface area contributed by atoms with Gasteiger partial charge < -0.3 is 10.6 Å². The highest BCUT2D eigenvalue weighted by Crippen LogP contribution is 2.19. The molecule has 0 aliphatic carbocycles. The summed E-state index contributed by atoms with van der Waals surface area (Å²) in [6.07, 6.45) is 3.66. The average Bonchev–Trinajstić information content (AvgIpc) is 3.13. The van der Waals surface area contributed by atoms with Crippen LogP contribution in [0.3, 0.4) is 0 Å². The van der Waals surface area contributed by atoms with Crippen LogP contribution in [0, 0.1) is 11.3 Å². The Bertz CT molecular complexity index is 1040. The van der Waals surface area contributed by atoms with Gasteiger partial charge in [0, 0.05) is 25.3 Å². The number of aromatic nitrogens is 3. The third kappa shape index (κ3) is 2.85. The van der Waals surface area contributed by atoms with Gasteiger partial charge in [0.15, 0.2) is 0 Å². The van der Waals surface area contributed by atoms with E-state index in [-0.39, 0.29) is 11.7 Å². The van der Waals surface area contributed by atoms with Gasteiger partial charge >= 0.3 is 5.69 Å². The van der Waals surface area contributed by atoms with Gasteiger partial charge in [0.05, 0.1) is 18.2 Å². The van der Waals surface area contributed by atoms with Crippen LogP contribution >= 0.6 is 0 Å². The molecule has 1 aliphatic heterocycles. The van der Waals surface area contributed by atoms with E-state index in [0.717, 1.165) is 24.9 Å². The van der Waals surface area contributed by atoms with Crippen molar-refractivity contribution in [3.63, 3.8) is 0 Å². The molecular weight excluding hydrogens is 328 g/mol. The van der Waals surface area contributed by atoms with Crippen LogP contribution in [-0.4, -0.2) is 33.1 Å². The third-order valence-electron chi connectivity index (χ3n) is 4.83. The molecule has 0 amide bonds. The van der Waals surface area contributed by atoms with Crippen LogP contribution in [0.4, 0.5) is 5.95 Å². The third-order valence-corrected chi connectivity index (χ3v) is 4.83. The molecule has 0 bridgehead atoms. The first-order chi connectivity index (χ1) is 12.7. The first-order valence-corrected chi connectivity index (χ1v) is 8.74. The number of rotatable bonds is 3. The predicted octanol–water partition coefficient (Wildman–Crippen LogP) is 1.34. The molecule has 7 nitrogen and oxygen atoms in total. The van der Waals surface area contributed by atoms with Crippen molar-refractivity contribution in [1.29, 1.82) is 5.26 Å². The van der Waals surface area contributed by atoms with Crippen LogP contribution in [0.25, 0.3) is 5.65 Å². The summed E-state index contributed by atoms with van der Waals surface area (Å²) in [6, 6.07) is 13.2. The first-order valence-electron chi connectivity index (χ1n) is 8.74. The van der Waals surface area contributed by atoms with E-state index in [9.17, 15) is 10.1 Å². The van der Waals surface area contributed by atoms with Gasteiger partial charge in [0.1, 0.15) is 5.65 Å². The number of nitrogens with zero attached hydrogens (tertiary/aromatic N) is 5. The number of piperidine rings is 1. The molecule has 1 aromatic carbocycles. The summed E-state index contributed by atoms with van der Waals surface area (Å²) in [4.78, 5) is 19.9. The van der Waals surface area contributed by atoms with E-state index in [4.69, 9.17) is 10.7 Å². The molecule has 1 aliphatic rings. The van der Waals surface area contributed by atoms with Crippen molar-refractivity contribution in [2.75, 3.05) is 18.0 Å². The second-order valence-corrected chi connectivity index (χ2v) is 6.63. The van der Waals surface area contributed by atoms with Gasteiger partial charge in [-0.3, -0.25) is 8.97 Å². The molecule has 26 heavy (non-hydrogen) atoms. The topological polar surface area (TPSA) is 92.3 Å². The number of hydrogen-bond donors (Lipinski definition) is 1. The molecule has 4 rings (SSSR count). The van der Waals surface area contributed by atoms with Crippen LogP contribution in [0.2, 0.25) is 0 Å². The normalized spacial score (nSPS) is 17.4. The fourth-order valence-corrected chi connectivity index (χ4v) is 3.51. The molecule has 3 aromatic rings. The van der Waals surface area contributed by atoms with E-state index in [1.54, 1.807) is 16.8 Å². The number of nitriles is 1. The number of fused-ring (bicyclic) bond motifs is 1. The minimum absolute atomic E-state index is 0.0727. The molecule has 3 heterocycles. The molecular formula is C19H20N6O. The van der Waals surface area contributed by atoms with Crippen molar-refractivity contribution in [3.05, 3.63) is 64.2 Å². The van der Waals surface area contributed by atoms with Crippen LogP contribution in [0.1, 0.15) is 24.0 Å². The van der Waals surface area contributed by atoms with Crippen LogP contribution in [0.15, 0.2) is 47.4 Å². The largest absolute Gasteiger partial charge is 0.341 e. The Hall–Kier alpha value is -3.11. The highest BCUT2D eigenvalue weighted by Gasteiger charge is 2.23. The van der Waals surface area contributed by atoms with Crippen molar-refractivity contribution >= 4 is 11.6 Å². The zero-order valence-corrected chi connectivity index (χ0v) is 14.4. The van der Waals surface area contributed by atoms with E-state index >= 15 is 0 Å². The fraction of sp³-hybridized carbons (Fsp3) is 0.316. The lowest BCUT2D eigenvalue weighted by Crippen LogP contribution is -2.46. The average molecular weight is 348 g/mol. The van der Waals surface area contributed by atoms with E-state index in [0.29, 0.717) is 30.2 Å². The maximum absolute atomic E-state index is 13.1. The highest BCUT2D eigenvalue weighted by molar-refractivity contribution is 5.46. The van der Waals surface area contributed by atoms with Crippen molar-refractivity contribution in [2.45, 2.75) is 25.4 Å². The van der Waals surface area contributed by atoms with Gasteiger partial charge in [0.2, 0.25) is 5.95 Å². The Morgan fingerprint density at radius 1 is 1.27 bits per heavy atom. The Balaban J connectivity index is 1.86. The van der Waals surface area contributed by atoms with E-state index < -0.39 is 0 Å². The van der Waals surface area contributed by atoms with E-state index in [1.165, 1.54) is 4.40 Å². The number of anilines is 1. The monoisotopic (exact) mass is 348 g/mol. The van der Waals surface area contributed by atoms with Crippen molar-refractivity contribution in [1.82, 2.24) is 14.0 Å². The number of benzene rings is 1. The molecule has 0 spiro atoms. The fourth-order valence-electron chi connectivity index (χ4n) is 3.51. The summed E-state index contributed by atoms with van der Waals surface area (Å²) in [7, 11) is 0. The van der Waals surface area contributed by atoms with Crippen molar-refractivity contribution in [2.24, 2.45) is 5.73 Å². The lowest BCUT2D eigenvalue weighted by atomic mass is 10.1. The zero-order chi connectivity index (χ0) is 18.1. The zero-order valence-electron chi connectivity index (χ0n) is 14.4. The Morgan fingerprint density at radius 3 is 2.92 bits per heavy atom. The molecule has 0 saturated carbocycles. The van der Waals surface area contributed by atoms with Crippen LogP contribution < -0.4 is 16.3 Å². The Labute approximate surface area is 150 Å². The molecule has 2 N–H and O–H groups in total. The highest BCUT2D eigenvalue weighted by atomic mass is 16.1. The van der Waals surface area contributed by atoms with Gasteiger partial charge in [0.25, 0.3) is 0 Å². The van der Waals surface area contributed by atoms with Crippen molar-refractivity contribution in [3.8, 4) is 6.07 Å². The predicted molar refractivity (Wildman–Crippen MR) is 99.1 cm³/mol. The quantitative estimate of drug-likeness (QED) is 0.771. The number of nitrogens with two attached hydrogens (primary N) is 1. The summed E-state index contributed by atoms with van der Waals surface area (Å²) < 4.78 is 3.17. The summed E-state index contributed by atoms with van der Waals surface area (Å²) in [5, 5.41) is 9.37. The van der Waals surface area contributed by atoms with Gasteiger partial charge in [-0.05, 0) is 36.6 Å². The Morgan fingerprint density at radius 2 is 2.12 bits per heavy atom. The smallest absolute Gasteiger partial charge is 0.336 e. The molecule has 132 valence electrons. The van der Waals surface area contributed by atoms with Gasteiger partial charge in [-0.25, -0.2) is 4.79 Å². The van der Waals surface area contributed by atoms with E-state index in [2.05, 4.69) is 11.0 Å². The summed E-state index contributed by atoms with van der Waals surface area (Å²) in [5.74, 6) is 0.615. The second-order valence-electron chi connectivity index (χ2n) is 6.63. The van der Waals surface area contributed by atoms with Crippen LogP contribution in [-0.2, 0) is 6.54 Å². The van der Waals surface area contributed by atoms with Gasteiger partial charge in [-0.15, -0.1) is 0 Å². The Kier molecular flexibility index (Phi) is 4.19. The lowest BCUT2D eigenvalue weighted by molar-refractivity contribution is 0.489. The first kappa shape index (κ1) is 16.4. The van der Waals surface area contributed by atoms with Gasteiger partial charge in [-0.1, -0.05) is 18.2 Å². The number of hydrogen-bond acceptors (Lipinski definition) is 5. The summed E-state index contributed by atoms with van der Waals surface area (Å²) in [5.41, 5.74) is 7.95. The maximum Gasteiger partial charge on any atom is 0.336 e. The molecule has 7 heteroatoms. The lowest BCUT2D eigenvalue weighted by Gasteiger charge is -2.33. The maximum atomic E-state index is 13.1. The van der Waals surface area contributed by atoms with E-state index in [1.807, 2.05) is 30.3 Å². The second kappa shape index (κ2) is 6.65. The van der Waals surface area contributed by atoms with Gasteiger partial charge in [-0.2, -0.15) is 10.2 Å². The molecule has 1 saturated heterocycles. The SMILES string of the molecule is N#Cc1ccccc1Cn1c(N2CCCC(N)C2)nc2cccn2c1=O. The summed E-state index contributed by atoms with van der Waals surface area (Å²) in [6.45, 7) is 1.78. The van der Waals surface area contributed by atoms with Crippen molar-refractivity contribution < 1.29 is 0 Å². The molecule has 1 atom stereocenters.